The van der Waals surface area contributed by atoms with Gasteiger partial charge in [-0.3, -0.25) is 19.8 Å². The number of hydrogen-bond donors (Lipinski definition) is 1. The van der Waals surface area contributed by atoms with E-state index in [9.17, 15) is 14.4 Å². The van der Waals surface area contributed by atoms with E-state index in [4.69, 9.17) is 32.7 Å². The minimum absolute atomic E-state index is 0.118. The van der Waals surface area contributed by atoms with Gasteiger partial charge in [-0.05, 0) is 59.3 Å². The summed E-state index contributed by atoms with van der Waals surface area (Å²) in [5, 5.41) is 2.88. The summed E-state index contributed by atoms with van der Waals surface area (Å²) < 4.78 is 11.2. The number of piperazine rings is 1. The van der Waals surface area contributed by atoms with Gasteiger partial charge in [0.15, 0.2) is 0 Å². The summed E-state index contributed by atoms with van der Waals surface area (Å²) in [5.74, 6) is 0.342. The van der Waals surface area contributed by atoms with Gasteiger partial charge in [-0.15, -0.1) is 0 Å². The average Bonchev–Trinajstić information content (AvgIpc) is 3.14. The summed E-state index contributed by atoms with van der Waals surface area (Å²) in [4.78, 5) is 39.5. The number of rotatable bonds is 7. The van der Waals surface area contributed by atoms with Crippen LogP contribution in [0.2, 0.25) is 10.0 Å². The van der Waals surface area contributed by atoms with Crippen molar-refractivity contribution in [1.29, 1.82) is 0 Å². The van der Waals surface area contributed by atoms with E-state index in [1.807, 2.05) is 24.3 Å². The van der Waals surface area contributed by atoms with Crippen LogP contribution < -0.4 is 10.1 Å². The highest BCUT2D eigenvalue weighted by atomic mass is 35.5. The minimum atomic E-state index is -0.375. The monoisotopic (exact) mass is 535 g/mol. The molecule has 0 atom stereocenters. The lowest BCUT2D eigenvalue weighted by atomic mass is 10.2. The number of carbonyl (C=O) groups excluding carboxylic acids is 3. The lowest BCUT2D eigenvalue weighted by molar-refractivity contribution is -0.115. The Hall–Kier alpha value is -2.72. The summed E-state index contributed by atoms with van der Waals surface area (Å²) >= 11 is 12.9. The Kier molecular flexibility index (Phi) is 8.56. The number of ether oxygens (including phenoxy) is 2. The number of nitrogens with one attached hydrogen (secondary N) is 1. The molecule has 2 aromatic carbocycles. The van der Waals surface area contributed by atoms with Gasteiger partial charge in [0.2, 0.25) is 0 Å². The number of thioether (sulfide) groups is 1. The van der Waals surface area contributed by atoms with E-state index in [0.717, 1.165) is 48.3 Å². The third-order valence-corrected chi connectivity index (χ3v) is 6.66. The van der Waals surface area contributed by atoms with Crippen molar-refractivity contribution in [3.63, 3.8) is 0 Å². The Bertz CT molecular complexity index is 1110. The second-order valence-electron chi connectivity index (χ2n) is 7.93. The number of nitrogens with zero attached hydrogens (tertiary/aromatic N) is 2. The van der Waals surface area contributed by atoms with Crippen molar-refractivity contribution in [3.05, 3.63) is 68.5 Å². The molecule has 11 heteroatoms. The molecule has 4 rings (SSSR count). The van der Waals surface area contributed by atoms with Crippen molar-refractivity contribution in [3.8, 4) is 5.75 Å². The van der Waals surface area contributed by atoms with Crippen molar-refractivity contribution < 1.29 is 23.9 Å². The van der Waals surface area contributed by atoms with E-state index >= 15 is 0 Å². The normalized spacial score (nSPS) is 17.5. The first-order valence-corrected chi connectivity index (χ1v) is 12.5. The molecule has 0 unspecified atom stereocenters. The van der Waals surface area contributed by atoms with Crippen LogP contribution in [0.15, 0.2) is 47.4 Å². The molecule has 35 heavy (non-hydrogen) atoms. The van der Waals surface area contributed by atoms with Gasteiger partial charge in [-0.1, -0.05) is 35.3 Å². The van der Waals surface area contributed by atoms with Gasteiger partial charge in [-0.25, -0.2) is 4.79 Å². The molecule has 0 aromatic heterocycles. The van der Waals surface area contributed by atoms with Crippen LogP contribution >= 0.6 is 35.0 Å². The van der Waals surface area contributed by atoms with Gasteiger partial charge >= 0.3 is 6.09 Å². The topological polar surface area (TPSA) is 88.2 Å². The molecular formula is C24H23Cl2N3O5S. The van der Waals surface area contributed by atoms with Crippen LogP contribution in [0.25, 0.3) is 6.08 Å². The predicted molar refractivity (Wildman–Crippen MR) is 136 cm³/mol. The first-order valence-electron chi connectivity index (χ1n) is 10.9. The fourth-order valence-corrected chi connectivity index (χ4v) is 4.86. The molecule has 2 aliphatic heterocycles. The lowest BCUT2D eigenvalue weighted by Gasteiger charge is -2.33. The molecule has 0 radical (unpaired) electrons. The van der Waals surface area contributed by atoms with E-state index in [1.165, 1.54) is 0 Å². The van der Waals surface area contributed by atoms with E-state index in [1.54, 1.807) is 29.2 Å². The Morgan fingerprint density at radius 2 is 1.71 bits per heavy atom. The summed E-state index contributed by atoms with van der Waals surface area (Å²) in [6.07, 6.45) is 1.31. The molecule has 8 nitrogen and oxygen atoms in total. The number of amides is 3. The summed E-state index contributed by atoms with van der Waals surface area (Å²) in [7, 11) is 0. The SMILES string of the molecule is O=C1NC(=O)/C(=C\c2ccc(OCCN3CCN(C(=O)OCc4cc(Cl)cc(Cl)c4)CC3)cc2)S1. The van der Waals surface area contributed by atoms with Crippen LogP contribution in [0.5, 0.6) is 5.75 Å². The fourth-order valence-electron chi connectivity index (χ4n) is 3.61. The van der Waals surface area contributed by atoms with Crippen LogP contribution in [-0.4, -0.2) is 66.4 Å². The quantitative estimate of drug-likeness (QED) is 0.516. The van der Waals surface area contributed by atoms with Crippen molar-refractivity contribution >= 4 is 58.3 Å². The third-order valence-electron chi connectivity index (χ3n) is 5.41. The predicted octanol–water partition coefficient (Wildman–Crippen LogP) is 4.65. The van der Waals surface area contributed by atoms with E-state index < -0.39 is 0 Å². The number of hydrogen-bond acceptors (Lipinski definition) is 7. The Balaban J connectivity index is 1.15. The molecule has 2 aromatic rings. The first kappa shape index (κ1) is 25.4. The van der Waals surface area contributed by atoms with E-state index in [0.29, 0.717) is 34.6 Å². The molecule has 0 saturated carbocycles. The highest BCUT2D eigenvalue weighted by Crippen LogP contribution is 2.26. The van der Waals surface area contributed by atoms with Crippen molar-refractivity contribution in [1.82, 2.24) is 15.1 Å². The Morgan fingerprint density at radius 1 is 1.03 bits per heavy atom. The van der Waals surface area contributed by atoms with Gasteiger partial charge in [0, 0.05) is 42.8 Å². The van der Waals surface area contributed by atoms with E-state index in [-0.39, 0.29) is 23.8 Å². The highest BCUT2D eigenvalue weighted by Gasteiger charge is 2.25. The van der Waals surface area contributed by atoms with Crippen molar-refractivity contribution in [2.24, 2.45) is 0 Å². The zero-order valence-corrected chi connectivity index (χ0v) is 21.0. The zero-order valence-electron chi connectivity index (χ0n) is 18.7. The fraction of sp³-hybridized carbons (Fsp3) is 0.292. The molecule has 2 saturated heterocycles. The molecule has 2 heterocycles. The average molecular weight is 536 g/mol. The van der Waals surface area contributed by atoms with Gasteiger partial charge < -0.3 is 14.4 Å². The van der Waals surface area contributed by atoms with Gasteiger partial charge in [0.05, 0.1) is 4.91 Å². The molecule has 0 spiro atoms. The Labute approximate surface area is 217 Å². The summed E-state index contributed by atoms with van der Waals surface area (Å²) in [6, 6.07) is 12.4. The van der Waals surface area contributed by atoms with Crippen molar-refractivity contribution in [2.75, 3.05) is 39.3 Å². The molecule has 1 N–H and O–H groups in total. The van der Waals surface area contributed by atoms with Gasteiger partial charge in [-0.2, -0.15) is 0 Å². The molecule has 2 fully saturated rings. The number of benzene rings is 2. The van der Waals surface area contributed by atoms with Crippen LogP contribution in [0, 0.1) is 0 Å². The van der Waals surface area contributed by atoms with Gasteiger partial charge in [0.25, 0.3) is 11.1 Å². The lowest BCUT2D eigenvalue weighted by Crippen LogP contribution is -2.49. The third kappa shape index (κ3) is 7.38. The maximum atomic E-state index is 12.4. The molecule has 2 aliphatic rings. The second kappa shape index (κ2) is 11.8. The summed E-state index contributed by atoms with van der Waals surface area (Å²) in [5.41, 5.74) is 1.56. The number of carbonyl (C=O) groups is 3. The van der Waals surface area contributed by atoms with E-state index in [2.05, 4.69) is 10.2 Å². The summed E-state index contributed by atoms with van der Waals surface area (Å²) in [6.45, 7) is 3.97. The largest absolute Gasteiger partial charge is 0.492 e. The maximum Gasteiger partial charge on any atom is 0.410 e. The highest BCUT2D eigenvalue weighted by molar-refractivity contribution is 8.18. The maximum absolute atomic E-state index is 12.4. The Morgan fingerprint density at radius 3 is 2.34 bits per heavy atom. The number of halogens is 2. The molecule has 184 valence electrons. The van der Waals surface area contributed by atoms with Gasteiger partial charge in [0.1, 0.15) is 19.0 Å². The number of imide groups is 1. The molecular weight excluding hydrogens is 513 g/mol. The van der Waals surface area contributed by atoms with Crippen LogP contribution in [0.1, 0.15) is 11.1 Å². The second-order valence-corrected chi connectivity index (χ2v) is 9.82. The smallest absolute Gasteiger partial charge is 0.410 e. The van der Waals surface area contributed by atoms with Crippen molar-refractivity contribution in [2.45, 2.75) is 6.61 Å². The standard InChI is InChI=1S/C24H23Cl2N3O5S/c25-18-11-17(12-19(26)14-18)15-34-24(32)29-7-5-28(6-8-29)9-10-33-20-3-1-16(2-4-20)13-21-22(30)27-23(31)35-21/h1-4,11-14H,5-10,15H2,(H,27,30,31)/b21-13+. The molecule has 0 aliphatic carbocycles. The van der Waals surface area contributed by atoms with Crippen LogP contribution in [0.4, 0.5) is 9.59 Å². The minimum Gasteiger partial charge on any atom is -0.492 e. The molecule has 3 amide bonds. The first-order chi connectivity index (χ1) is 16.9. The van der Waals surface area contributed by atoms with Crippen LogP contribution in [0.3, 0.4) is 0 Å². The zero-order chi connectivity index (χ0) is 24.8. The molecule has 0 bridgehead atoms. The van der Waals surface area contributed by atoms with Crippen LogP contribution in [-0.2, 0) is 16.1 Å².